The van der Waals surface area contributed by atoms with Gasteiger partial charge in [-0.15, -0.1) is 0 Å². The highest BCUT2D eigenvalue weighted by Gasteiger charge is 2.21. The number of halogens is 5. The Balaban J connectivity index is 2.29. The average Bonchev–Trinajstić information content (AvgIpc) is 2.51. The Bertz CT molecular complexity index is 728. The molecule has 1 atom stereocenters. The van der Waals surface area contributed by atoms with E-state index in [9.17, 15) is 31.9 Å². The monoisotopic (exact) mass is 331 g/mol. The van der Waals surface area contributed by atoms with Crippen LogP contribution < -0.4 is 5.32 Å². The van der Waals surface area contributed by atoms with E-state index in [1.165, 1.54) is 0 Å². The van der Waals surface area contributed by atoms with E-state index in [0.717, 1.165) is 12.1 Å². The predicted octanol–water partition coefficient (Wildman–Crippen LogP) is 2.85. The van der Waals surface area contributed by atoms with Gasteiger partial charge in [-0.25, -0.2) is 22.0 Å². The van der Waals surface area contributed by atoms with Gasteiger partial charge in [-0.05, 0) is 35.9 Å². The van der Waals surface area contributed by atoms with Crippen LogP contribution in [-0.4, -0.2) is 17.6 Å². The van der Waals surface area contributed by atoms with Gasteiger partial charge < -0.3 is 10.4 Å². The largest absolute Gasteiger partial charge is 0.394 e. The van der Waals surface area contributed by atoms with E-state index < -0.39 is 53.2 Å². The van der Waals surface area contributed by atoms with Gasteiger partial charge in [0.2, 0.25) is 0 Å². The van der Waals surface area contributed by atoms with Gasteiger partial charge in [-0.3, -0.25) is 4.79 Å². The van der Waals surface area contributed by atoms with Crippen molar-refractivity contribution < 1.29 is 31.9 Å². The summed E-state index contributed by atoms with van der Waals surface area (Å²) in [4.78, 5) is 11.9. The van der Waals surface area contributed by atoms with Crippen LogP contribution in [0.25, 0.3) is 0 Å². The summed E-state index contributed by atoms with van der Waals surface area (Å²) < 4.78 is 65.9. The molecule has 3 nitrogen and oxygen atoms in total. The van der Waals surface area contributed by atoms with Crippen molar-refractivity contribution in [2.45, 2.75) is 6.04 Å². The minimum atomic E-state index is -1.70. The second kappa shape index (κ2) is 6.74. The van der Waals surface area contributed by atoms with Crippen LogP contribution in [0.5, 0.6) is 0 Å². The topological polar surface area (TPSA) is 49.3 Å². The van der Waals surface area contributed by atoms with Gasteiger partial charge in [-0.2, -0.15) is 0 Å². The van der Waals surface area contributed by atoms with Gasteiger partial charge in [0.1, 0.15) is 11.6 Å². The molecule has 2 N–H and O–H groups in total. The number of nitrogens with one attached hydrogen (secondary N) is 1. The minimum absolute atomic E-state index is 0.269. The number of benzene rings is 2. The number of rotatable bonds is 4. The van der Waals surface area contributed by atoms with Gasteiger partial charge in [0.05, 0.1) is 18.2 Å². The van der Waals surface area contributed by atoms with Crippen LogP contribution in [0.4, 0.5) is 22.0 Å². The van der Waals surface area contributed by atoms with Gasteiger partial charge in [0.15, 0.2) is 17.5 Å². The van der Waals surface area contributed by atoms with Crippen LogP contribution in [0.3, 0.4) is 0 Å². The second-order valence-corrected chi connectivity index (χ2v) is 4.63. The van der Waals surface area contributed by atoms with Crippen molar-refractivity contribution in [2.75, 3.05) is 6.61 Å². The summed E-state index contributed by atoms with van der Waals surface area (Å²) in [6, 6.07) is 2.00. The number of carbonyl (C=O) groups excluding carboxylic acids is 1. The third kappa shape index (κ3) is 3.65. The lowest BCUT2D eigenvalue weighted by atomic mass is 10.1. The lowest BCUT2D eigenvalue weighted by Gasteiger charge is -2.17. The van der Waals surface area contributed by atoms with E-state index in [1.54, 1.807) is 0 Å². The molecule has 0 aliphatic rings. The summed E-state index contributed by atoms with van der Waals surface area (Å²) in [5.74, 6) is -7.71. The molecule has 23 heavy (non-hydrogen) atoms. The van der Waals surface area contributed by atoms with Crippen LogP contribution in [0.1, 0.15) is 22.0 Å². The molecule has 0 radical (unpaired) electrons. The van der Waals surface area contributed by atoms with E-state index in [1.807, 2.05) is 0 Å². The first-order chi connectivity index (χ1) is 10.8. The van der Waals surface area contributed by atoms with Crippen molar-refractivity contribution in [1.29, 1.82) is 0 Å². The maximum absolute atomic E-state index is 13.5. The molecule has 0 saturated carbocycles. The fourth-order valence-corrected chi connectivity index (χ4v) is 1.92. The molecular formula is C15H10F5NO2. The zero-order valence-electron chi connectivity index (χ0n) is 11.4. The van der Waals surface area contributed by atoms with E-state index >= 15 is 0 Å². The Morgan fingerprint density at radius 3 is 2.17 bits per heavy atom. The first-order valence-corrected chi connectivity index (χ1v) is 6.34. The lowest BCUT2D eigenvalue weighted by Crippen LogP contribution is -2.31. The fourth-order valence-electron chi connectivity index (χ4n) is 1.92. The zero-order valence-corrected chi connectivity index (χ0v) is 11.4. The molecule has 122 valence electrons. The first-order valence-electron chi connectivity index (χ1n) is 6.34. The van der Waals surface area contributed by atoms with Gasteiger partial charge in [-0.1, -0.05) is 0 Å². The van der Waals surface area contributed by atoms with E-state index in [0.29, 0.717) is 18.2 Å². The highest BCUT2D eigenvalue weighted by Crippen LogP contribution is 2.20. The number of carbonyl (C=O) groups is 1. The lowest BCUT2D eigenvalue weighted by molar-refractivity contribution is 0.0911. The van der Waals surface area contributed by atoms with Gasteiger partial charge in [0.25, 0.3) is 5.91 Å². The molecule has 0 heterocycles. The van der Waals surface area contributed by atoms with Crippen molar-refractivity contribution in [3.8, 4) is 0 Å². The normalized spacial score (nSPS) is 12.1. The summed E-state index contributed by atoms with van der Waals surface area (Å²) in [6.45, 7) is -0.798. The standard InChI is InChI=1S/C15H10F5NO2/c16-8-1-2-10(17)9(5-8)15(23)21-13(6-22)7-3-11(18)14(20)12(19)4-7/h1-5,13,22H,6H2,(H,21,23). The molecule has 0 fully saturated rings. The quantitative estimate of drug-likeness (QED) is 0.669. The Labute approximate surface area is 127 Å². The molecule has 2 aromatic carbocycles. The van der Waals surface area contributed by atoms with Crippen LogP contribution in [-0.2, 0) is 0 Å². The third-order valence-electron chi connectivity index (χ3n) is 3.07. The number of hydrogen-bond donors (Lipinski definition) is 2. The molecule has 0 aliphatic carbocycles. The number of hydrogen-bond acceptors (Lipinski definition) is 2. The van der Waals surface area contributed by atoms with Crippen molar-refractivity contribution in [3.63, 3.8) is 0 Å². The smallest absolute Gasteiger partial charge is 0.254 e. The van der Waals surface area contributed by atoms with Crippen LogP contribution in [0, 0.1) is 29.1 Å². The Kier molecular flexibility index (Phi) is 4.95. The Morgan fingerprint density at radius 1 is 1.00 bits per heavy atom. The van der Waals surface area contributed by atoms with Crippen LogP contribution >= 0.6 is 0 Å². The van der Waals surface area contributed by atoms with Crippen molar-refractivity contribution in [2.24, 2.45) is 0 Å². The summed E-state index contributed by atoms with van der Waals surface area (Å²) in [7, 11) is 0. The Morgan fingerprint density at radius 2 is 1.61 bits per heavy atom. The number of amides is 1. The minimum Gasteiger partial charge on any atom is -0.394 e. The molecule has 1 amide bonds. The Hall–Kier alpha value is -2.48. The average molecular weight is 331 g/mol. The molecule has 0 saturated heterocycles. The van der Waals surface area contributed by atoms with Crippen molar-refractivity contribution >= 4 is 5.91 Å². The predicted molar refractivity (Wildman–Crippen MR) is 70.0 cm³/mol. The van der Waals surface area contributed by atoms with Crippen molar-refractivity contribution in [1.82, 2.24) is 5.32 Å². The highest BCUT2D eigenvalue weighted by molar-refractivity contribution is 5.94. The molecule has 2 aromatic rings. The number of aliphatic hydroxyl groups is 1. The highest BCUT2D eigenvalue weighted by atomic mass is 19.2. The molecule has 1 unspecified atom stereocenters. The molecular weight excluding hydrogens is 321 g/mol. The molecule has 0 spiro atoms. The molecule has 0 aromatic heterocycles. The third-order valence-corrected chi connectivity index (χ3v) is 3.07. The van der Waals surface area contributed by atoms with Gasteiger partial charge >= 0.3 is 0 Å². The SMILES string of the molecule is O=C(NC(CO)c1cc(F)c(F)c(F)c1)c1cc(F)ccc1F. The number of aliphatic hydroxyl groups excluding tert-OH is 1. The van der Waals surface area contributed by atoms with Crippen molar-refractivity contribution in [3.05, 3.63) is 70.5 Å². The molecule has 0 aliphatic heterocycles. The molecule has 2 rings (SSSR count). The summed E-state index contributed by atoms with van der Waals surface area (Å²) >= 11 is 0. The molecule has 8 heteroatoms. The summed E-state index contributed by atoms with van der Waals surface area (Å²) in [5.41, 5.74) is -0.916. The van der Waals surface area contributed by atoms with Gasteiger partial charge in [0, 0.05) is 0 Å². The van der Waals surface area contributed by atoms with Crippen LogP contribution in [0.2, 0.25) is 0 Å². The van der Waals surface area contributed by atoms with E-state index in [4.69, 9.17) is 0 Å². The summed E-state index contributed by atoms with van der Waals surface area (Å²) in [5, 5.41) is 11.3. The van der Waals surface area contributed by atoms with Crippen LogP contribution in [0.15, 0.2) is 30.3 Å². The zero-order chi connectivity index (χ0) is 17.1. The first kappa shape index (κ1) is 16.9. The molecule has 0 bridgehead atoms. The summed E-state index contributed by atoms with van der Waals surface area (Å²) in [6.07, 6.45) is 0. The second-order valence-electron chi connectivity index (χ2n) is 4.63. The fraction of sp³-hybridized carbons (Fsp3) is 0.133. The van der Waals surface area contributed by atoms with E-state index in [2.05, 4.69) is 5.32 Å². The van der Waals surface area contributed by atoms with E-state index in [-0.39, 0.29) is 5.56 Å². The maximum atomic E-state index is 13.5. The maximum Gasteiger partial charge on any atom is 0.254 e.